The molecule has 12 heavy (non-hydrogen) atoms. The molecule has 0 aromatic rings. The Bertz CT molecular complexity index is 132. The molecule has 0 aliphatic rings. The minimum absolute atomic E-state index is 0.101. The molecule has 0 aliphatic heterocycles. The number of nitrogens with zero attached hydrogens (tertiary/aromatic N) is 1. The molecular weight excluding hydrogens is 152 g/mol. The highest BCUT2D eigenvalue weighted by Gasteiger charge is 2.04. The van der Waals surface area contributed by atoms with Crippen LogP contribution in [0.4, 0.5) is 0 Å². The number of rotatable bonds is 5. The Labute approximate surface area is 75.1 Å². The Morgan fingerprint density at radius 1 is 1.42 bits per heavy atom. The number of nitrogens with one attached hydrogen (secondary N) is 1. The first-order chi connectivity index (χ1) is 5.54. The minimum Gasteiger partial charge on any atom is -0.356 e. The Morgan fingerprint density at radius 3 is 2.42 bits per heavy atom. The summed E-state index contributed by atoms with van der Waals surface area (Å²) in [6.45, 7) is 5.62. The van der Waals surface area contributed by atoms with Crippen LogP contribution in [0.5, 0.6) is 0 Å². The molecule has 0 heterocycles. The number of hydrogen-bond donors (Lipinski definition) is 1. The molecule has 0 aromatic carbocycles. The summed E-state index contributed by atoms with van der Waals surface area (Å²) in [6, 6.07) is 0. The third-order valence-electron chi connectivity index (χ3n) is 1.61. The fourth-order valence-corrected chi connectivity index (χ4v) is 0.811. The lowest BCUT2D eigenvalue weighted by molar-refractivity contribution is -0.123. The second kappa shape index (κ2) is 6.00. The van der Waals surface area contributed by atoms with Crippen molar-refractivity contribution < 1.29 is 4.79 Å². The first kappa shape index (κ1) is 11.4. The van der Waals surface area contributed by atoms with Gasteiger partial charge in [0.05, 0.1) is 0 Å². The normalized spacial score (nSPS) is 10.8. The van der Waals surface area contributed by atoms with E-state index in [1.807, 2.05) is 27.9 Å². The van der Waals surface area contributed by atoms with Crippen molar-refractivity contribution in [2.24, 2.45) is 5.92 Å². The van der Waals surface area contributed by atoms with Crippen molar-refractivity contribution >= 4 is 5.91 Å². The van der Waals surface area contributed by atoms with E-state index < -0.39 is 0 Å². The molecule has 0 radical (unpaired) electrons. The van der Waals surface area contributed by atoms with E-state index in [0.717, 1.165) is 19.5 Å². The van der Waals surface area contributed by atoms with Crippen LogP contribution in [0.15, 0.2) is 0 Å². The molecule has 0 rings (SSSR count). The SMILES string of the molecule is CC(C)C(=O)NCCCN(C)C. The van der Waals surface area contributed by atoms with Crippen LogP contribution in [0.25, 0.3) is 0 Å². The van der Waals surface area contributed by atoms with E-state index in [1.54, 1.807) is 0 Å². The largest absolute Gasteiger partial charge is 0.356 e. The van der Waals surface area contributed by atoms with Crippen molar-refractivity contribution in [3.05, 3.63) is 0 Å². The maximum absolute atomic E-state index is 11.1. The lowest BCUT2D eigenvalue weighted by Gasteiger charge is -2.10. The van der Waals surface area contributed by atoms with E-state index in [2.05, 4.69) is 10.2 Å². The van der Waals surface area contributed by atoms with Gasteiger partial charge in [-0.25, -0.2) is 0 Å². The Morgan fingerprint density at radius 2 is 2.00 bits per heavy atom. The van der Waals surface area contributed by atoms with E-state index in [-0.39, 0.29) is 11.8 Å². The maximum atomic E-state index is 11.1. The number of hydrogen-bond acceptors (Lipinski definition) is 2. The highest BCUT2D eigenvalue weighted by molar-refractivity contribution is 5.77. The van der Waals surface area contributed by atoms with Gasteiger partial charge in [0.1, 0.15) is 0 Å². The summed E-state index contributed by atoms with van der Waals surface area (Å²) in [5, 5.41) is 2.87. The van der Waals surface area contributed by atoms with Crippen molar-refractivity contribution in [1.82, 2.24) is 10.2 Å². The summed E-state index contributed by atoms with van der Waals surface area (Å²) in [5.74, 6) is 0.248. The topological polar surface area (TPSA) is 32.3 Å². The predicted molar refractivity (Wildman–Crippen MR) is 51.0 cm³/mol. The number of amides is 1. The lowest BCUT2D eigenvalue weighted by Crippen LogP contribution is -2.30. The van der Waals surface area contributed by atoms with Crippen molar-refractivity contribution in [3.8, 4) is 0 Å². The number of carbonyl (C=O) groups excluding carboxylic acids is 1. The second-order valence-electron chi connectivity index (χ2n) is 3.60. The van der Waals surface area contributed by atoms with Crippen LogP contribution in [-0.4, -0.2) is 38.0 Å². The Hall–Kier alpha value is -0.570. The molecule has 0 spiro atoms. The first-order valence-electron chi connectivity index (χ1n) is 4.46. The lowest BCUT2D eigenvalue weighted by atomic mass is 10.2. The van der Waals surface area contributed by atoms with Crippen LogP contribution < -0.4 is 5.32 Å². The van der Waals surface area contributed by atoms with Crippen molar-refractivity contribution in [2.75, 3.05) is 27.2 Å². The Kier molecular flexibility index (Phi) is 5.72. The van der Waals surface area contributed by atoms with E-state index in [4.69, 9.17) is 0 Å². The van der Waals surface area contributed by atoms with Gasteiger partial charge < -0.3 is 10.2 Å². The van der Waals surface area contributed by atoms with E-state index >= 15 is 0 Å². The van der Waals surface area contributed by atoms with Gasteiger partial charge in [-0.05, 0) is 27.1 Å². The van der Waals surface area contributed by atoms with Crippen LogP contribution in [0.2, 0.25) is 0 Å². The standard InChI is InChI=1S/C9H20N2O/c1-8(2)9(12)10-6-5-7-11(3)4/h8H,5-7H2,1-4H3,(H,10,12). The minimum atomic E-state index is 0.101. The third-order valence-corrected chi connectivity index (χ3v) is 1.61. The quantitative estimate of drug-likeness (QED) is 0.619. The summed E-state index contributed by atoms with van der Waals surface area (Å²) in [5.41, 5.74) is 0. The average molecular weight is 172 g/mol. The second-order valence-corrected chi connectivity index (χ2v) is 3.60. The van der Waals surface area contributed by atoms with Crippen LogP contribution >= 0.6 is 0 Å². The van der Waals surface area contributed by atoms with Gasteiger partial charge in [-0.15, -0.1) is 0 Å². The molecular formula is C9H20N2O. The zero-order chi connectivity index (χ0) is 9.56. The molecule has 3 nitrogen and oxygen atoms in total. The maximum Gasteiger partial charge on any atom is 0.222 e. The molecule has 72 valence electrons. The summed E-state index contributed by atoms with van der Waals surface area (Å²) < 4.78 is 0. The van der Waals surface area contributed by atoms with Gasteiger partial charge in [-0.2, -0.15) is 0 Å². The summed E-state index contributed by atoms with van der Waals surface area (Å²) in [7, 11) is 4.06. The smallest absolute Gasteiger partial charge is 0.222 e. The summed E-state index contributed by atoms with van der Waals surface area (Å²) >= 11 is 0. The van der Waals surface area contributed by atoms with Crippen LogP contribution in [-0.2, 0) is 4.79 Å². The molecule has 1 amide bonds. The molecule has 0 atom stereocenters. The average Bonchev–Trinajstić information content (AvgIpc) is 1.97. The van der Waals surface area contributed by atoms with Gasteiger partial charge in [0.25, 0.3) is 0 Å². The molecule has 0 unspecified atom stereocenters. The summed E-state index contributed by atoms with van der Waals surface area (Å²) in [6.07, 6.45) is 1.02. The van der Waals surface area contributed by atoms with E-state index in [0.29, 0.717) is 0 Å². The summed E-state index contributed by atoms with van der Waals surface area (Å²) in [4.78, 5) is 13.2. The van der Waals surface area contributed by atoms with Crippen LogP contribution in [0, 0.1) is 5.92 Å². The van der Waals surface area contributed by atoms with E-state index in [1.165, 1.54) is 0 Å². The molecule has 0 aromatic heterocycles. The fourth-order valence-electron chi connectivity index (χ4n) is 0.811. The molecule has 0 saturated heterocycles. The highest BCUT2D eigenvalue weighted by Crippen LogP contribution is 1.90. The molecule has 0 bridgehead atoms. The van der Waals surface area contributed by atoms with Gasteiger partial charge in [0.15, 0.2) is 0 Å². The first-order valence-corrected chi connectivity index (χ1v) is 4.46. The molecule has 0 aliphatic carbocycles. The van der Waals surface area contributed by atoms with Crippen molar-refractivity contribution in [3.63, 3.8) is 0 Å². The Balaban J connectivity index is 3.26. The predicted octanol–water partition coefficient (Wildman–Crippen LogP) is 0.710. The van der Waals surface area contributed by atoms with Gasteiger partial charge in [-0.1, -0.05) is 13.8 Å². The number of carbonyl (C=O) groups is 1. The monoisotopic (exact) mass is 172 g/mol. The van der Waals surface area contributed by atoms with Crippen molar-refractivity contribution in [1.29, 1.82) is 0 Å². The molecule has 0 fully saturated rings. The molecule has 3 heteroatoms. The van der Waals surface area contributed by atoms with Crippen LogP contribution in [0.3, 0.4) is 0 Å². The highest BCUT2D eigenvalue weighted by atomic mass is 16.1. The zero-order valence-electron chi connectivity index (χ0n) is 8.55. The zero-order valence-corrected chi connectivity index (χ0v) is 8.55. The van der Waals surface area contributed by atoms with Crippen molar-refractivity contribution in [2.45, 2.75) is 20.3 Å². The van der Waals surface area contributed by atoms with Gasteiger partial charge in [0.2, 0.25) is 5.91 Å². The molecule has 0 saturated carbocycles. The third kappa shape index (κ3) is 6.16. The van der Waals surface area contributed by atoms with Crippen LogP contribution in [0.1, 0.15) is 20.3 Å². The fraction of sp³-hybridized carbons (Fsp3) is 0.889. The molecule has 1 N–H and O–H groups in total. The van der Waals surface area contributed by atoms with E-state index in [9.17, 15) is 4.79 Å². The van der Waals surface area contributed by atoms with Gasteiger partial charge >= 0.3 is 0 Å². The van der Waals surface area contributed by atoms with Gasteiger partial charge in [0, 0.05) is 12.5 Å². The van der Waals surface area contributed by atoms with Gasteiger partial charge in [-0.3, -0.25) is 4.79 Å².